The Morgan fingerprint density at radius 2 is 2.00 bits per heavy atom. The Bertz CT molecular complexity index is 86.2. The first-order valence-corrected chi connectivity index (χ1v) is 4.16. The van der Waals surface area contributed by atoms with Gasteiger partial charge in [0.15, 0.2) is 0 Å². The molecule has 0 aromatic carbocycles. The molecule has 11 heavy (non-hydrogen) atoms. The van der Waals surface area contributed by atoms with Crippen LogP contribution in [0.15, 0.2) is 0 Å². The van der Waals surface area contributed by atoms with E-state index in [4.69, 9.17) is 10.5 Å². The van der Waals surface area contributed by atoms with Crippen LogP contribution in [0.25, 0.3) is 0 Å². The zero-order valence-corrected chi connectivity index (χ0v) is 7.84. The fourth-order valence-corrected chi connectivity index (χ4v) is 0.652. The second-order valence-corrected chi connectivity index (χ2v) is 2.98. The monoisotopic (exact) mass is 160 g/mol. The van der Waals surface area contributed by atoms with E-state index in [1.54, 1.807) is 0 Å². The van der Waals surface area contributed by atoms with Crippen LogP contribution in [0.2, 0.25) is 0 Å². The highest BCUT2D eigenvalue weighted by Gasteiger charge is 2.00. The predicted molar refractivity (Wildman–Crippen MR) is 47.6 cm³/mol. The number of nitrogens with zero attached hydrogens (tertiary/aromatic N) is 1. The summed E-state index contributed by atoms with van der Waals surface area (Å²) in [6, 6.07) is 0.594. The third kappa shape index (κ3) is 6.28. The average Bonchev–Trinajstić information content (AvgIpc) is 1.97. The van der Waals surface area contributed by atoms with E-state index in [2.05, 4.69) is 25.8 Å². The molecule has 0 heterocycles. The molecular formula is C8H20N2O. The Labute approximate surface area is 69.5 Å². The molecule has 0 aromatic rings. The number of likely N-dealkylation sites (N-methyl/N-ethyl adjacent to an activating group) is 1. The zero-order valence-electron chi connectivity index (χ0n) is 7.84. The highest BCUT2D eigenvalue weighted by atomic mass is 16.5. The standard InChI is InChI=1S/C8H20N2O/c1-8(2)10(3)5-7-11-6-4-9/h8H,4-7,9H2,1-3H3. The molecule has 0 saturated carbocycles. The van der Waals surface area contributed by atoms with Gasteiger partial charge in [0.2, 0.25) is 0 Å². The Morgan fingerprint density at radius 3 is 2.45 bits per heavy atom. The molecule has 0 bridgehead atoms. The van der Waals surface area contributed by atoms with Gasteiger partial charge >= 0.3 is 0 Å². The fourth-order valence-electron chi connectivity index (χ4n) is 0.652. The summed E-state index contributed by atoms with van der Waals surface area (Å²) in [4.78, 5) is 2.25. The number of nitrogens with two attached hydrogens (primary N) is 1. The summed E-state index contributed by atoms with van der Waals surface area (Å²) in [6.07, 6.45) is 0. The van der Waals surface area contributed by atoms with Crippen LogP contribution in [0.1, 0.15) is 13.8 Å². The van der Waals surface area contributed by atoms with Gasteiger partial charge in [-0.15, -0.1) is 0 Å². The van der Waals surface area contributed by atoms with Crippen molar-refractivity contribution in [2.75, 3.05) is 33.4 Å². The van der Waals surface area contributed by atoms with E-state index in [1.165, 1.54) is 0 Å². The van der Waals surface area contributed by atoms with E-state index in [1.807, 2.05) is 0 Å². The van der Waals surface area contributed by atoms with Gasteiger partial charge in [-0.3, -0.25) is 0 Å². The summed E-state index contributed by atoms with van der Waals surface area (Å²) in [5.74, 6) is 0. The van der Waals surface area contributed by atoms with Crippen LogP contribution in [0.3, 0.4) is 0 Å². The number of ether oxygens (including phenoxy) is 1. The minimum atomic E-state index is 0.594. The van der Waals surface area contributed by atoms with Crippen LogP contribution >= 0.6 is 0 Å². The maximum Gasteiger partial charge on any atom is 0.0594 e. The van der Waals surface area contributed by atoms with Gasteiger partial charge in [-0.25, -0.2) is 0 Å². The Morgan fingerprint density at radius 1 is 1.36 bits per heavy atom. The highest BCUT2D eigenvalue weighted by Crippen LogP contribution is 1.91. The average molecular weight is 160 g/mol. The van der Waals surface area contributed by atoms with Gasteiger partial charge in [0.25, 0.3) is 0 Å². The van der Waals surface area contributed by atoms with Crippen molar-refractivity contribution in [1.29, 1.82) is 0 Å². The molecule has 3 heteroatoms. The van der Waals surface area contributed by atoms with E-state index >= 15 is 0 Å². The number of hydrogen-bond donors (Lipinski definition) is 1. The summed E-state index contributed by atoms with van der Waals surface area (Å²) in [6.45, 7) is 7.40. The summed E-state index contributed by atoms with van der Waals surface area (Å²) in [7, 11) is 2.09. The van der Waals surface area contributed by atoms with Gasteiger partial charge in [-0.1, -0.05) is 0 Å². The zero-order chi connectivity index (χ0) is 8.69. The van der Waals surface area contributed by atoms with Crippen molar-refractivity contribution in [3.05, 3.63) is 0 Å². The van der Waals surface area contributed by atoms with Gasteiger partial charge < -0.3 is 15.4 Å². The molecule has 0 aromatic heterocycles. The number of rotatable bonds is 6. The lowest BCUT2D eigenvalue weighted by atomic mass is 10.3. The minimum absolute atomic E-state index is 0.594. The van der Waals surface area contributed by atoms with E-state index in [0.717, 1.165) is 13.2 Å². The molecule has 2 N–H and O–H groups in total. The Hall–Kier alpha value is -0.120. The lowest BCUT2D eigenvalue weighted by Gasteiger charge is -2.20. The maximum atomic E-state index is 5.27. The highest BCUT2D eigenvalue weighted by molar-refractivity contribution is 4.55. The molecule has 68 valence electrons. The first kappa shape index (κ1) is 10.9. The molecule has 0 amide bonds. The van der Waals surface area contributed by atoms with Crippen molar-refractivity contribution >= 4 is 0 Å². The van der Waals surface area contributed by atoms with Crippen molar-refractivity contribution in [2.24, 2.45) is 5.73 Å². The van der Waals surface area contributed by atoms with Crippen molar-refractivity contribution in [1.82, 2.24) is 4.90 Å². The minimum Gasteiger partial charge on any atom is -0.379 e. The lowest BCUT2D eigenvalue weighted by Crippen LogP contribution is -2.30. The van der Waals surface area contributed by atoms with Crippen LogP contribution < -0.4 is 5.73 Å². The fraction of sp³-hybridized carbons (Fsp3) is 1.00. The van der Waals surface area contributed by atoms with Gasteiger partial charge in [-0.2, -0.15) is 0 Å². The quantitative estimate of drug-likeness (QED) is 0.568. The summed E-state index contributed by atoms with van der Waals surface area (Å²) in [5, 5.41) is 0. The topological polar surface area (TPSA) is 38.5 Å². The summed E-state index contributed by atoms with van der Waals surface area (Å²) in [5.41, 5.74) is 5.27. The molecule has 0 radical (unpaired) electrons. The van der Waals surface area contributed by atoms with Crippen LogP contribution in [0, 0.1) is 0 Å². The predicted octanol–water partition coefficient (Wildman–Crippen LogP) is 0.302. The molecule has 0 saturated heterocycles. The first-order valence-electron chi connectivity index (χ1n) is 4.16. The van der Waals surface area contributed by atoms with Crippen LogP contribution in [0.4, 0.5) is 0 Å². The van der Waals surface area contributed by atoms with Crippen molar-refractivity contribution in [3.63, 3.8) is 0 Å². The molecular weight excluding hydrogens is 140 g/mol. The second-order valence-electron chi connectivity index (χ2n) is 2.98. The van der Waals surface area contributed by atoms with Gasteiger partial charge in [0.05, 0.1) is 13.2 Å². The summed E-state index contributed by atoms with van der Waals surface area (Å²) < 4.78 is 5.24. The smallest absolute Gasteiger partial charge is 0.0594 e. The number of hydrogen-bond acceptors (Lipinski definition) is 3. The Kier molecular flexibility index (Phi) is 6.51. The maximum absolute atomic E-state index is 5.27. The van der Waals surface area contributed by atoms with Crippen molar-refractivity contribution in [2.45, 2.75) is 19.9 Å². The summed E-state index contributed by atoms with van der Waals surface area (Å²) >= 11 is 0. The molecule has 0 fully saturated rings. The molecule has 3 nitrogen and oxygen atoms in total. The third-order valence-corrected chi connectivity index (χ3v) is 1.73. The lowest BCUT2D eigenvalue weighted by molar-refractivity contribution is 0.109. The first-order chi connectivity index (χ1) is 5.18. The van der Waals surface area contributed by atoms with E-state index in [-0.39, 0.29) is 0 Å². The van der Waals surface area contributed by atoms with E-state index in [9.17, 15) is 0 Å². The SMILES string of the molecule is CC(C)N(C)CCOCCN. The van der Waals surface area contributed by atoms with Gasteiger partial charge in [-0.05, 0) is 20.9 Å². The van der Waals surface area contributed by atoms with Crippen LogP contribution in [0.5, 0.6) is 0 Å². The van der Waals surface area contributed by atoms with E-state index in [0.29, 0.717) is 19.2 Å². The molecule has 0 unspecified atom stereocenters. The molecule has 0 spiro atoms. The molecule has 0 aliphatic rings. The second kappa shape index (κ2) is 6.58. The molecule has 0 rings (SSSR count). The van der Waals surface area contributed by atoms with Gasteiger partial charge in [0, 0.05) is 19.1 Å². The van der Waals surface area contributed by atoms with Crippen LogP contribution in [-0.4, -0.2) is 44.3 Å². The largest absolute Gasteiger partial charge is 0.379 e. The normalized spacial score (nSPS) is 11.5. The third-order valence-electron chi connectivity index (χ3n) is 1.73. The van der Waals surface area contributed by atoms with Crippen molar-refractivity contribution in [3.8, 4) is 0 Å². The van der Waals surface area contributed by atoms with E-state index < -0.39 is 0 Å². The Balaban J connectivity index is 3.10. The molecule has 0 atom stereocenters. The van der Waals surface area contributed by atoms with Crippen molar-refractivity contribution < 1.29 is 4.74 Å². The molecule has 0 aliphatic carbocycles. The van der Waals surface area contributed by atoms with Gasteiger partial charge in [0.1, 0.15) is 0 Å². The van der Waals surface area contributed by atoms with Crippen LogP contribution in [-0.2, 0) is 4.74 Å². The molecule has 0 aliphatic heterocycles.